The van der Waals surface area contributed by atoms with E-state index in [2.05, 4.69) is 10.6 Å². The predicted octanol–water partition coefficient (Wildman–Crippen LogP) is 1.03. The molecule has 148 valence electrons. The van der Waals surface area contributed by atoms with Gasteiger partial charge in [-0.3, -0.25) is 9.59 Å². The van der Waals surface area contributed by atoms with Crippen LogP contribution in [0.5, 0.6) is 0 Å². The lowest BCUT2D eigenvalue weighted by molar-refractivity contribution is -0.142. The first kappa shape index (κ1) is 21.0. The number of nitrogens with one attached hydrogen (secondary N) is 2. The molecule has 0 saturated carbocycles. The van der Waals surface area contributed by atoms with E-state index < -0.39 is 29.8 Å². The standard InChI is InChI=1S/C18H24N2O6S/c1-5-25-16(22)12-9(3)19-10(4)13(17(23)26-6-2)14(12)15(21)20-11-7-8-27-18(11)24/h11,14,19H,5-8H2,1-4H3,(H,20,21). The Labute approximate surface area is 162 Å². The molecule has 2 aliphatic heterocycles. The van der Waals surface area contributed by atoms with Gasteiger partial charge in [-0.1, -0.05) is 11.8 Å². The molecule has 1 atom stereocenters. The van der Waals surface area contributed by atoms with Gasteiger partial charge in [0, 0.05) is 17.1 Å². The van der Waals surface area contributed by atoms with Gasteiger partial charge in [0.1, 0.15) is 5.92 Å². The average molecular weight is 396 g/mol. The summed E-state index contributed by atoms with van der Waals surface area (Å²) in [4.78, 5) is 50.0. The minimum Gasteiger partial charge on any atom is -0.463 e. The summed E-state index contributed by atoms with van der Waals surface area (Å²) in [6.45, 7) is 6.82. The number of esters is 2. The summed E-state index contributed by atoms with van der Waals surface area (Å²) < 4.78 is 10.2. The van der Waals surface area contributed by atoms with Crippen LogP contribution < -0.4 is 10.6 Å². The zero-order valence-corrected chi connectivity index (χ0v) is 16.7. The molecule has 1 saturated heterocycles. The average Bonchev–Trinajstić information content (AvgIpc) is 2.99. The summed E-state index contributed by atoms with van der Waals surface area (Å²) in [5.74, 6) is -2.56. The largest absolute Gasteiger partial charge is 0.463 e. The molecule has 2 N–H and O–H groups in total. The van der Waals surface area contributed by atoms with E-state index in [1.54, 1.807) is 27.7 Å². The Morgan fingerprint density at radius 3 is 2.00 bits per heavy atom. The van der Waals surface area contributed by atoms with Crippen LogP contribution in [0.1, 0.15) is 34.1 Å². The first-order chi connectivity index (χ1) is 12.8. The van der Waals surface area contributed by atoms with Crippen molar-refractivity contribution in [3.05, 3.63) is 22.5 Å². The van der Waals surface area contributed by atoms with Crippen LogP contribution >= 0.6 is 11.8 Å². The molecule has 0 radical (unpaired) electrons. The Balaban J connectivity index is 2.44. The lowest BCUT2D eigenvalue weighted by atomic mass is 9.84. The van der Waals surface area contributed by atoms with E-state index in [4.69, 9.17) is 9.47 Å². The van der Waals surface area contributed by atoms with E-state index in [-0.39, 0.29) is 29.5 Å². The highest BCUT2D eigenvalue weighted by Crippen LogP contribution is 2.32. The van der Waals surface area contributed by atoms with Gasteiger partial charge in [-0.15, -0.1) is 0 Å². The lowest BCUT2D eigenvalue weighted by Gasteiger charge is -2.29. The number of carbonyl (C=O) groups excluding carboxylic acids is 4. The molecule has 0 aliphatic carbocycles. The summed E-state index contributed by atoms with van der Waals surface area (Å²) in [5.41, 5.74) is 0.930. The number of hydrogen-bond acceptors (Lipinski definition) is 8. The zero-order valence-electron chi connectivity index (χ0n) is 15.8. The van der Waals surface area contributed by atoms with Crippen molar-refractivity contribution < 1.29 is 28.7 Å². The molecule has 2 aliphatic rings. The topological polar surface area (TPSA) is 111 Å². The molecule has 27 heavy (non-hydrogen) atoms. The molecule has 1 amide bonds. The summed E-state index contributed by atoms with van der Waals surface area (Å²) in [7, 11) is 0. The van der Waals surface area contributed by atoms with E-state index in [1.807, 2.05) is 0 Å². The van der Waals surface area contributed by atoms with Crippen LogP contribution in [0, 0.1) is 5.92 Å². The number of amides is 1. The zero-order chi connectivity index (χ0) is 20.1. The maximum absolute atomic E-state index is 13.0. The van der Waals surface area contributed by atoms with Gasteiger partial charge < -0.3 is 20.1 Å². The van der Waals surface area contributed by atoms with Gasteiger partial charge in [-0.25, -0.2) is 9.59 Å². The number of hydrogen-bond donors (Lipinski definition) is 2. The molecule has 0 aromatic rings. The van der Waals surface area contributed by atoms with E-state index in [1.165, 1.54) is 0 Å². The SMILES string of the molecule is CCOC(=O)C1=C(C)NC(C)=C(C(=O)OCC)C1C(=O)NC1CCSC1=O. The molecule has 0 aromatic heterocycles. The van der Waals surface area contributed by atoms with Gasteiger partial charge in [0.05, 0.1) is 30.4 Å². The molecule has 0 spiro atoms. The Morgan fingerprint density at radius 1 is 1.07 bits per heavy atom. The number of thioether (sulfide) groups is 1. The third-order valence-electron chi connectivity index (χ3n) is 4.27. The Morgan fingerprint density at radius 2 is 1.59 bits per heavy atom. The molecule has 9 heteroatoms. The fraction of sp³-hybridized carbons (Fsp3) is 0.556. The van der Waals surface area contributed by atoms with Crippen molar-refractivity contribution in [1.82, 2.24) is 10.6 Å². The first-order valence-electron chi connectivity index (χ1n) is 8.81. The van der Waals surface area contributed by atoms with Gasteiger partial charge >= 0.3 is 11.9 Å². The van der Waals surface area contributed by atoms with Gasteiger partial charge in [-0.05, 0) is 34.1 Å². The molecular weight excluding hydrogens is 372 g/mol. The van der Waals surface area contributed by atoms with E-state index in [0.717, 1.165) is 11.8 Å². The highest BCUT2D eigenvalue weighted by molar-refractivity contribution is 8.14. The van der Waals surface area contributed by atoms with Crippen molar-refractivity contribution in [2.24, 2.45) is 5.92 Å². The molecule has 1 unspecified atom stereocenters. The van der Waals surface area contributed by atoms with Crippen molar-refractivity contribution in [3.8, 4) is 0 Å². The second-order valence-corrected chi connectivity index (χ2v) is 7.19. The van der Waals surface area contributed by atoms with Crippen LogP contribution in [-0.2, 0) is 28.7 Å². The van der Waals surface area contributed by atoms with Crippen molar-refractivity contribution in [1.29, 1.82) is 0 Å². The fourth-order valence-corrected chi connectivity index (χ4v) is 4.03. The van der Waals surface area contributed by atoms with Crippen LogP contribution in [0.2, 0.25) is 0 Å². The first-order valence-corrected chi connectivity index (χ1v) is 9.80. The van der Waals surface area contributed by atoms with Gasteiger partial charge in [-0.2, -0.15) is 0 Å². The van der Waals surface area contributed by atoms with Crippen molar-refractivity contribution in [2.45, 2.75) is 40.2 Å². The summed E-state index contributed by atoms with van der Waals surface area (Å²) in [6, 6.07) is -0.634. The summed E-state index contributed by atoms with van der Waals surface area (Å²) in [5, 5.41) is 5.49. The summed E-state index contributed by atoms with van der Waals surface area (Å²) in [6.07, 6.45) is 0.509. The molecule has 1 fully saturated rings. The van der Waals surface area contributed by atoms with Crippen LogP contribution in [0.4, 0.5) is 0 Å². The van der Waals surface area contributed by atoms with Crippen LogP contribution in [0.3, 0.4) is 0 Å². The van der Waals surface area contributed by atoms with E-state index >= 15 is 0 Å². The van der Waals surface area contributed by atoms with Crippen molar-refractivity contribution in [3.63, 3.8) is 0 Å². The fourth-order valence-electron chi connectivity index (χ4n) is 3.10. The molecular formula is C18H24N2O6S. The summed E-state index contributed by atoms with van der Waals surface area (Å²) >= 11 is 1.15. The van der Waals surface area contributed by atoms with Crippen LogP contribution in [0.15, 0.2) is 22.5 Å². The molecule has 2 heterocycles. The second kappa shape index (κ2) is 9.07. The van der Waals surface area contributed by atoms with Crippen LogP contribution in [-0.4, -0.2) is 48.0 Å². The van der Waals surface area contributed by atoms with Crippen molar-refractivity contribution >= 4 is 34.7 Å². The normalized spacial score (nSPS) is 20.4. The smallest absolute Gasteiger partial charge is 0.336 e. The number of allylic oxidation sites excluding steroid dienone is 2. The quantitative estimate of drug-likeness (QED) is 0.641. The Hall–Kier alpha value is -2.29. The lowest BCUT2D eigenvalue weighted by Crippen LogP contribution is -2.46. The minimum absolute atomic E-state index is 0.0427. The molecule has 0 aromatic carbocycles. The van der Waals surface area contributed by atoms with Crippen molar-refractivity contribution in [2.75, 3.05) is 19.0 Å². The van der Waals surface area contributed by atoms with Gasteiger partial charge in [0.15, 0.2) is 0 Å². The number of ether oxygens (including phenoxy) is 2. The highest BCUT2D eigenvalue weighted by atomic mass is 32.2. The van der Waals surface area contributed by atoms with E-state index in [9.17, 15) is 19.2 Å². The van der Waals surface area contributed by atoms with Crippen LogP contribution in [0.25, 0.3) is 0 Å². The third-order valence-corrected chi connectivity index (χ3v) is 5.27. The van der Waals surface area contributed by atoms with E-state index in [0.29, 0.717) is 23.6 Å². The maximum atomic E-state index is 13.0. The predicted molar refractivity (Wildman–Crippen MR) is 99.3 cm³/mol. The highest BCUT2D eigenvalue weighted by Gasteiger charge is 2.42. The second-order valence-electron chi connectivity index (χ2n) is 6.09. The van der Waals surface area contributed by atoms with Gasteiger partial charge in [0.25, 0.3) is 0 Å². The Bertz CT molecular complexity index is 687. The molecule has 8 nitrogen and oxygen atoms in total. The number of rotatable bonds is 6. The monoisotopic (exact) mass is 396 g/mol. The minimum atomic E-state index is -1.21. The number of carbonyl (C=O) groups is 4. The maximum Gasteiger partial charge on any atom is 0.336 e. The number of dihydropyridines is 1. The Kier molecular flexibility index (Phi) is 7.06. The third kappa shape index (κ3) is 4.52. The van der Waals surface area contributed by atoms with Gasteiger partial charge in [0.2, 0.25) is 11.0 Å². The molecule has 0 bridgehead atoms. The molecule has 2 rings (SSSR count).